The fourth-order valence-corrected chi connectivity index (χ4v) is 1.75. The van der Waals surface area contributed by atoms with E-state index in [1.807, 2.05) is 0 Å². The Balaban J connectivity index is 3.86. The van der Waals surface area contributed by atoms with Gasteiger partial charge < -0.3 is 4.52 Å². The molecule has 0 aromatic carbocycles. The van der Waals surface area contributed by atoms with Gasteiger partial charge >= 0.3 is 0 Å². The Morgan fingerprint density at radius 1 is 1.75 bits per heavy atom. The number of allylic oxidation sites excluding steroid dienone is 1. The van der Waals surface area contributed by atoms with Crippen LogP contribution < -0.4 is 0 Å². The van der Waals surface area contributed by atoms with Gasteiger partial charge in [-0.15, -0.1) is 13.0 Å². The van der Waals surface area contributed by atoms with E-state index in [4.69, 9.17) is 10.9 Å². The van der Waals surface area contributed by atoms with Crippen LogP contribution in [0.2, 0.25) is 0 Å². The van der Waals surface area contributed by atoms with Crippen molar-refractivity contribution in [2.75, 3.05) is 6.16 Å². The molecule has 0 saturated heterocycles. The van der Waals surface area contributed by atoms with Crippen molar-refractivity contribution < 1.29 is 9.09 Å². The molecule has 0 fully saturated rings. The summed E-state index contributed by atoms with van der Waals surface area (Å²) >= 11 is 0. The minimum Gasteiger partial charge on any atom is -0.311 e. The molecule has 0 N–H and O–H groups in total. The molecule has 1 atom stereocenters. The molecule has 0 radical (unpaired) electrons. The van der Waals surface area contributed by atoms with E-state index in [9.17, 15) is 4.57 Å². The van der Waals surface area contributed by atoms with E-state index in [0.717, 1.165) is 0 Å². The van der Waals surface area contributed by atoms with Gasteiger partial charge in [0.25, 0.3) is 0 Å². The lowest BCUT2D eigenvalue weighted by atomic mass is 10.2. The molecule has 0 aromatic heterocycles. The highest BCUT2D eigenvalue weighted by atomic mass is 31.1. The van der Waals surface area contributed by atoms with Crippen molar-refractivity contribution in [1.82, 2.24) is 0 Å². The lowest BCUT2D eigenvalue weighted by Gasteiger charge is -2.17. The zero-order valence-corrected chi connectivity index (χ0v) is 8.59. The van der Waals surface area contributed by atoms with E-state index >= 15 is 0 Å². The van der Waals surface area contributed by atoms with E-state index in [2.05, 4.69) is 12.5 Å². The molecule has 0 aromatic rings. The Labute approximate surface area is 74.9 Å². The summed E-state index contributed by atoms with van der Waals surface area (Å²) in [7, 11) is -1.99. The largest absolute Gasteiger partial charge is 0.311 e. The van der Waals surface area contributed by atoms with Crippen LogP contribution in [0.3, 0.4) is 0 Å². The molecule has 1 unspecified atom stereocenters. The molecule has 0 amide bonds. The fourth-order valence-electron chi connectivity index (χ4n) is 0.585. The van der Waals surface area contributed by atoms with Crippen molar-refractivity contribution >= 4 is 8.03 Å². The SMILES string of the molecule is C#CC(C)(C)O[PH](=O)CCC=C. The van der Waals surface area contributed by atoms with Crippen LogP contribution in [0.5, 0.6) is 0 Å². The Bertz CT molecular complexity index is 213. The highest BCUT2D eigenvalue weighted by Crippen LogP contribution is 2.30. The Hall–Kier alpha value is -0.510. The predicted molar refractivity (Wildman–Crippen MR) is 52.7 cm³/mol. The highest BCUT2D eigenvalue weighted by molar-refractivity contribution is 7.39. The average molecular weight is 186 g/mol. The van der Waals surface area contributed by atoms with Crippen LogP contribution in [0.15, 0.2) is 12.7 Å². The molecule has 68 valence electrons. The Morgan fingerprint density at radius 2 is 2.33 bits per heavy atom. The van der Waals surface area contributed by atoms with Crippen LogP contribution in [-0.2, 0) is 9.09 Å². The molecule has 0 aliphatic heterocycles. The van der Waals surface area contributed by atoms with Gasteiger partial charge in [0.2, 0.25) is 0 Å². The fraction of sp³-hybridized carbons (Fsp3) is 0.556. The average Bonchev–Trinajstić information content (AvgIpc) is 2.00. The number of rotatable bonds is 5. The molecule has 0 spiro atoms. The molecule has 0 rings (SSSR count). The molecule has 3 heteroatoms. The second-order valence-corrected chi connectivity index (χ2v) is 4.40. The molecule has 0 saturated carbocycles. The van der Waals surface area contributed by atoms with Gasteiger partial charge in [0.1, 0.15) is 5.60 Å². The van der Waals surface area contributed by atoms with Gasteiger partial charge in [-0.2, -0.15) is 0 Å². The minimum absolute atomic E-state index is 0.527. The molecule has 0 heterocycles. The van der Waals surface area contributed by atoms with Crippen molar-refractivity contribution in [2.24, 2.45) is 0 Å². The van der Waals surface area contributed by atoms with E-state index in [1.54, 1.807) is 19.9 Å². The summed E-state index contributed by atoms with van der Waals surface area (Å²) in [5.41, 5.74) is -0.711. The first kappa shape index (κ1) is 11.5. The first-order chi connectivity index (χ1) is 5.52. The maximum atomic E-state index is 11.2. The van der Waals surface area contributed by atoms with E-state index < -0.39 is 13.6 Å². The predicted octanol–water partition coefficient (Wildman–Crippen LogP) is 2.47. The van der Waals surface area contributed by atoms with Gasteiger partial charge in [0.15, 0.2) is 8.03 Å². The lowest BCUT2D eigenvalue weighted by Crippen LogP contribution is -2.17. The first-order valence-electron chi connectivity index (χ1n) is 3.82. The molecule has 0 bridgehead atoms. The maximum Gasteiger partial charge on any atom is 0.193 e. The third-order valence-electron chi connectivity index (χ3n) is 1.27. The second kappa shape index (κ2) is 5.19. The number of terminal acetylenes is 1. The summed E-state index contributed by atoms with van der Waals surface area (Å²) in [4.78, 5) is 0. The molecule has 12 heavy (non-hydrogen) atoms. The topological polar surface area (TPSA) is 26.3 Å². The second-order valence-electron chi connectivity index (χ2n) is 2.96. The van der Waals surface area contributed by atoms with Crippen molar-refractivity contribution in [2.45, 2.75) is 25.9 Å². The van der Waals surface area contributed by atoms with Crippen molar-refractivity contribution in [3.05, 3.63) is 12.7 Å². The summed E-state index contributed by atoms with van der Waals surface area (Å²) in [6.07, 6.45) is 8.12. The smallest absolute Gasteiger partial charge is 0.193 e. The van der Waals surface area contributed by atoms with Crippen LogP contribution >= 0.6 is 8.03 Å². The summed E-state index contributed by atoms with van der Waals surface area (Å²) in [5, 5.41) is 0. The maximum absolute atomic E-state index is 11.2. The molecule has 0 aliphatic carbocycles. The lowest BCUT2D eigenvalue weighted by molar-refractivity contribution is 0.186. The normalized spacial score (nSPS) is 13.4. The summed E-state index contributed by atoms with van der Waals surface area (Å²) in [6, 6.07) is 0. The Kier molecular flexibility index (Phi) is 4.97. The van der Waals surface area contributed by atoms with Crippen LogP contribution in [0.4, 0.5) is 0 Å². The minimum atomic E-state index is -1.99. The first-order valence-corrected chi connectivity index (χ1v) is 5.34. The third kappa shape index (κ3) is 5.18. The van der Waals surface area contributed by atoms with Gasteiger partial charge in [-0.05, 0) is 20.3 Å². The van der Waals surface area contributed by atoms with Crippen molar-refractivity contribution in [1.29, 1.82) is 0 Å². The monoisotopic (exact) mass is 186 g/mol. The highest BCUT2D eigenvalue weighted by Gasteiger charge is 2.16. The molecular formula is C9H15O2P. The summed E-state index contributed by atoms with van der Waals surface area (Å²) < 4.78 is 16.3. The number of hydrogen-bond donors (Lipinski definition) is 0. The van der Waals surface area contributed by atoms with Crippen LogP contribution in [0, 0.1) is 12.3 Å². The van der Waals surface area contributed by atoms with Crippen LogP contribution in [-0.4, -0.2) is 11.8 Å². The summed E-state index contributed by atoms with van der Waals surface area (Å²) in [5.74, 6) is 2.43. The van der Waals surface area contributed by atoms with E-state index in [1.165, 1.54) is 0 Å². The zero-order valence-electron chi connectivity index (χ0n) is 7.59. The van der Waals surface area contributed by atoms with E-state index in [0.29, 0.717) is 12.6 Å². The van der Waals surface area contributed by atoms with Crippen LogP contribution in [0.1, 0.15) is 20.3 Å². The standard InChI is InChI=1S/C9H15O2P/c1-5-7-8-12(10)11-9(3,4)6-2/h2,5,12H,1,7-8H2,3-4H3. The van der Waals surface area contributed by atoms with Gasteiger partial charge in [0, 0.05) is 6.16 Å². The Morgan fingerprint density at radius 3 is 2.75 bits per heavy atom. The van der Waals surface area contributed by atoms with Gasteiger partial charge in [-0.25, -0.2) is 0 Å². The van der Waals surface area contributed by atoms with E-state index in [-0.39, 0.29) is 0 Å². The van der Waals surface area contributed by atoms with Gasteiger partial charge in [0.05, 0.1) is 0 Å². The quantitative estimate of drug-likeness (QED) is 0.374. The number of hydrogen-bond acceptors (Lipinski definition) is 2. The van der Waals surface area contributed by atoms with Crippen molar-refractivity contribution in [3.63, 3.8) is 0 Å². The van der Waals surface area contributed by atoms with Crippen LogP contribution in [0.25, 0.3) is 0 Å². The van der Waals surface area contributed by atoms with Crippen molar-refractivity contribution in [3.8, 4) is 12.3 Å². The molecule has 2 nitrogen and oxygen atoms in total. The summed E-state index contributed by atoms with van der Waals surface area (Å²) in [6.45, 7) is 6.98. The third-order valence-corrected chi connectivity index (χ3v) is 2.70. The molecular weight excluding hydrogens is 171 g/mol. The van der Waals surface area contributed by atoms with Gasteiger partial charge in [-0.1, -0.05) is 12.0 Å². The van der Waals surface area contributed by atoms with Gasteiger partial charge in [-0.3, -0.25) is 4.57 Å². The zero-order chi connectivity index (χ0) is 9.61. The molecule has 0 aliphatic rings.